The molecule has 2 rings (SSSR count). The third-order valence-electron chi connectivity index (χ3n) is 3.38. The van der Waals surface area contributed by atoms with E-state index in [1.165, 1.54) is 5.56 Å². The standard InChI is InChI=1S/C14H20N4O/c15-18-17-8-4-7-13-9-14(10-16-13)19-11-12-5-2-1-3-6-12/h1-3,5-6,13-14,16H,4,7-11H2/t13-,14+/m0/s1. The fourth-order valence-corrected chi connectivity index (χ4v) is 2.37. The van der Waals surface area contributed by atoms with Crippen molar-refractivity contribution in [3.8, 4) is 0 Å². The minimum Gasteiger partial charge on any atom is -0.372 e. The quantitative estimate of drug-likeness (QED) is 0.354. The first-order valence-corrected chi connectivity index (χ1v) is 6.78. The molecule has 1 fully saturated rings. The van der Waals surface area contributed by atoms with E-state index in [-0.39, 0.29) is 0 Å². The van der Waals surface area contributed by atoms with E-state index in [4.69, 9.17) is 10.3 Å². The highest BCUT2D eigenvalue weighted by molar-refractivity contribution is 5.13. The summed E-state index contributed by atoms with van der Waals surface area (Å²) in [7, 11) is 0. The Balaban J connectivity index is 1.63. The second-order valence-electron chi connectivity index (χ2n) is 4.86. The summed E-state index contributed by atoms with van der Waals surface area (Å²) < 4.78 is 5.90. The third-order valence-corrected chi connectivity index (χ3v) is 3.38. The number of nitrogens with one attached hydrogen (secondary N) is 1. The van der Waals surface area contributed by atoms with Crippen LogP contribution in [0.3, 0.4) is 0 Å². The molecule has 0 unspecified atom stereocenters. The third kappa shape index (κ3) is 4.91. The molecule has 102 valence electrons. The Bertz CT molecular complexity index is 417. The summed E-state index contributed by atoms with van der Waals surface area (Å²) in [5.41, 5.74) is 9.42. The van der Waals surface area contributed by atoms with Crippen molar-refractivity contribution in [2.75, 3.05) is 13.1 Å². The molecule has 1 aliphatic rings. The van der Waals surface area contributed by atoms with Gasteiger partial charge < -0.3 is 10.1 Å². The molecule has 5 heteroatoms. The largest absolute Gasteiger partial charge is 0.372 e. The molecule has 0 amide bonds. The zero-order valence-corrected chi connectivity index (χ0v) is 11.0. The number of hydrogen-bond donors (Lipinski definition) is 1. The number of nitrogens with zero attached hydrogens (tertiary/aromatic N) is 3. The lowest BCUT2D eigenvalue weighted by molar-refractivity contribution is 0.0524. The highest BCUT2D eigenvalue weighted by Crippen LogP contribution is 2.16. The molecule has 5 nitrogen and oxygen atoms in total. The van der Waals surface area contributed by atoms with Crippen molar-refractivity contribution in [3.05, 3.63) is 46.3 Å². The summed E-state index contributed by atoms with van der Waals surface area (Å²) in [5, 5.41) is 7.01. The SMILES string of the molecule is [N-]=[N+]=NCCC[C@H]1C[C@@H](OCc2ccccc2)CN1. The van der Waals surface area contributed by atoms with Crippen LogP contribution in [0.4, 0.5) is 0 Å². The second kappa shape index (κ2) is 7.79. The van der Waals surface area contributed by atoms with Crippen molar-refractivity contribution >= 4 is 0 Å². The Labute approximate surface area is 113 Å². The molecule has 1 N–H and O–H groups in total. The van der Waals surface area contributed by atoms with E-state index >= 15 is 0 Å². The van der Waals surface area contributed by atoms with Crippen molar-refractivity contribution in [1.82, 2.24) is 5.32 Å². The molecule has 1 aliphatic heterocycles. The molecular formula is C14H20N4O. The van der Waals surface area contributed by atoms with E-state index < -0.39 is 0 Å². The fraction of sp³-hybridized carbons (Fsp3) is 0.571. The predicted molar refractivity (Wildman–Crippen MR) is 74.7 cm³/mol. The lowest BCUT2D eigenvalue weighted by Gasteiger charge is -2.11. The predicted octanol–water partition coefficient (Wildman–Crippen LogP) is 3.02. The maximum Gasteiger partial charge on any atom is 0.0721 e. The van der Waals surface area contributed by atoms with E-state index in [9.17, 15) is 0 Å². The number of azide groups is 1. The topological polar surface area (TPSA) is 70.0 Å². The van der Waals surface area contributed by atoms with E-state index in [0.717, 1.165) is 25.8 Å². The second-order valence-corrected chi connectivity index (χ2v) is 4.86. The Morgan fingerprint density at radius 3 is 3.00 bits per heavy atom. The van der Waals surface area contributed by atoms with Crippen molar-refractivity contribution in [1.29, 1.82) is 0 Å². The molecule has 1 saturated heterocycles. The average Bonchev–Trinajstić information content (AvgIpc) is 2.91. The maximum atomic E-state index is 8.20. The van der Waals surface area contributed by atoms with E-state index in [1.54, 1.807) is 0 Å². The van der Waals surface area contributed by atoms with Gasteiger partial charge in [0.05, 0.1) is 12.7 Å². The zero-order chi connectivity index (χ0) is 13.3. The maximum absolute atomic E-state index is 8.20. The van der Waals surface area contributed by atoms with Crippen LogP contribution in [0.2, 0.25) is 0 Å². The van der Waals surface area contributed by atoms with Crippen LogP contribution in [0.1, 0.15) is 24.8 Å². The first-order chi connectivity index (χ1) is 9.38. The van der Waals surface area contributed by atoms with Gasteiger partial charge in [-0.1, -0.05) is 35.4 Å². The Hall–Kier alpha value is -1.55. The highest BCUT2D eigenvalue weighted by atomic mass is 16.5. The molecule has 1 aromatic carbocycles. The monoisotopic (exact) mass is 260 g/mol. The molecule has 0 radical (unpaired) electrons. The van der Waals surface area contributed by atoms with Crippen LogP contribution in [0.15, 0.2) is 35.4 Å². The number of ether oxygens (including phenoxy) is 1. The summed E-state index contributed by atoms with van der Waals surface area (Å²) >= 11 is 0. The molecule has 2 atom stereocenters. The van der Waals surface area contributed by atoms with Gasteiger partial charge in [0, 0.05) is 24.0 Å². The van der Waals surface area contributed by atoms with Gasteiger partial charge in [-0.3, -0.25) is 0 Å². The van der Waals surface area contributed by atoms with Gasteiger partial charge in [0.2, 0.25) is 0 Å². The first-order valence-electron chi connectivity index (χ1n) is 6.78. The van der Waals surface area contributed by atoms with Gasteiger partial charge >= 0.3 is 0 Å². The number of rotatable bonds is 7. The minimum absolute atomic E-state index is 0.296. The van der Waals surface area contributed by atoms with Gasteiger partial charge in [0.15, 0.2) is 0 Å². The molecule has 0 aliphatic carbocycles. The van der Waals surface area contributed by atoms with Gasteiger partial charge in [-0.25, -0.2) is 0 Å². The average molecular weight is 260 g/mol. The first kappa shape index (κ1) is 13.9. The van der Waals surface area contributed by atoms with Gasteiger partial charge in [0.25, 0.3) is 0 Å². The van der Waals surface area contributed by atoms with E-state index in [0.29, 0.717) is 25.3 Å². The molecule has 19 heavy (non-hydrogen) atoms. The molecule has 1 aromatic rings. The Morgan fingerprint density at radius 2 is 2.21 bits per heavy atom. The van der Waals surface area contributed by atoms with Crippen LogP contribution >= 0.6 is 0 Å². The number of benzene rings is 1. The molecule has 0 saturated carbocycles. The molecule has 0 bridgehead atoms. The van der Waals surface area contributed by atoms with Gasteiger partial charge in [0.1, 0.15) is 0 Å². The molecule has 0 spiro atoms. The summed E-state index contributed by atoms with van der Waals surface area (Å²) in [6.45, 7) is 2.18. The van der Waals surface area contributed by atoms with Crippen LogP contribution in [-0.2, 0) is 11.3 Å². The van der Waals surface area contributed by atoms with Gasteiger partial charge in [-0.2, -0.15) is 0 Å². The van der Waals surface area contributed by atoms with Crippen molar-refractivity contribution in [2.45, 2.75) is 38.0 Å². The van der Waals surface area contributed by atoms with Crippen LogP contribution in [0.5, 0.6) is 0 Å². The lowest BCUT2D eigenvalue weighted by Crippen LogP contribution is -2.21. The molecular weight excluding hydrogens is 240 g/mol. The van der Waals surface area contributed by atoms with Crippen molar-refractivity contribution in [2.24, 2.45) is 5.11 Å². The lowest BCUT2D eigenvalue weighted by atomic mass is 10.1. The van der Waals surface area contributed by atoms with Crippen LogP contribution in [0.25, 0.3) is 10.4 Å². The zero-order valence-electron chi connectivity index (χ0n) is 11.0. The number of hydrogen-bond acceptors (Lipinski definition) is 3. The Morgan fingerprint density at radius 1 is 1.37 bits per heavy atom. The normalized spacial score (nSPS) is 22.1. The van der Waals surface area contributed by atoms with Crippen molar-refractivity contribution in [3.63, 3.8) is 0 Å². The molecule has 0 aromatic heterocycles. The summed E-state index contributed by atoms with van der Waals surface area (Å²) in [4.78, 5) is 2.76. The van der Waals surface area contributed by atoms with Crippen LogP contribution in [0, 0.1) is 0 Å². The summed E-state index contributed by atoms with van der Waals surface area (Å²) in [6.07, 6.45) is 3.32. The van der Waals surface area contributed by atoms with Crippen LogP contribution < -0.4 is 5.32 Å². The fourth-order valence-electron chi connectivity index (χ4n) is 2.37. The van der Waals surface area contributed by atoms with Crippen LogP contribution in [-0.4, -0.2) is 25.2 Å². The summed E-state index contributed by atoms with van der Waals surface area (Å²) in [6, 6.07) is 10.7. The van der Waals surface area contributed by atoms with E-state index in [1.807, 2.05) is 18.2 Å². The van der Waals surface area contributed by atoms with Gasteiger partial charge in [-0.15, -0.1) is 0 Å². The molecule has 1 heterocycles. The van der Waals surface area contributed by atoms with Crippen molar-refractivity contribution < 1.29 is 4.74 Å². The Kier molecular flexibility index (Phi) is 5.69. The van der Waals surface area contributed by atoms with Gasteiger partial charge in [-0.05, 0) is 30.4 Å². The smallest absolute Gasteiger partial charge is 0.0721 e. The summed E-state index contributed by atoms with van der Waals surface area (Å²) in [5.74, 6) is 0. The highest BCUT2D eigenvalue weighted by Gasteiger charge is 2.23. The minimum atomic E-state index is 0.296. The van der Waals surface area contributed by atoms with E-state index in [2.05, 4.69) is 27.5 Å².